The Kier molecular flexibility index (Phi) is 26.8. The van der Waals surface area contributed by atoms with E-state index in [1.807, 2.05) is 0 Å². The monoisotopic (exact) mass is 552 g/mol. The van der Waals surface area contributed by atoms with E-state index in [1.54, 1.807) is 24.3 Å². The predicted octanol–water partition coefficient (Wildman–Crippen LogP) is 7.05. The number of carbonyl (C=O) groups is 1. The third-order valence-corrected chi connectivity index (χ3v) is 6.39. The molecule has 0 heterocycles. The van der Waals surface area contributed by atoms with Crippen LogP contribution >= 0.6 is 0 Å². The van der Waals surface area contributed by atoms with E-state index >= 15 is 0 Å². The molecule has 0 amide bonds. The van der Waals surface area contributed by atoms with Gasteiger partial charge in [-0.25, -0.2) is 0 Å². The fraction of sp³-hybridized carbons (Fsp3) is 0.781. The molecule has 1 rings (SSSR count). The van der Waals surface area contributed by atoms with Crippen LogP contribution in [0.2, 0.25) is 0 Å². The van der Waals surface area contributed by atoms with Crippen molar-refractivity contribution >= 4 is 6.29 Å². The molecule has 0 aliphatic carbocycles. The molecule has 0 aliphatic heterocycles. The third-order valence-electron chi connectivity index (χ3n) is 6.39. The fourth-order valence-corrected chi connectivity index (χ4v) is 4.06. The molecule has 1 aromatic carbocycles. The van der Waals surface area contributed by atoms with Crippen LogP contribution in [-0.2, 0) is 23.7 Å². The Balaban J connectivity index is 1.66. The molecule has 0 bridgehead atoms. The van der Waals surface area contributed by atoms with Crippen LogP contribution in [0.15, 0.2) is 24.3 Å². The van der Waals surface area contributed by atoms with E-state index in [4.69, 9.17) is 28.4 Å². The average Bonchev–Trinajstić information content (AvgIpc) is 2.96. The first kappa shape index (κ1) is 35.5. The summed E-state index contributed by atoms with van der Waals surface area (Å²) in [5.41, 5.74) is 0.632. The minimum Gasteiger partial charge on any atom is -0.491 e. The number of hydrogen-bond acceptors (Lipinski definition) is 7. The van der Waals surface area contributed by atoms with Crippen molar-refractivity contribution in [1.29, 1.82) is 0 Å². The molecule has 0 aromatic heterocycles. The van der Waals surface area contributed by atoms with Gasteiger partial charge in [0.25, 0.3) is 0 Å². The quantitative estimate of drug-likeness (QED) is 0.0722. The zero-order valence-corrected chi connectivity index (χ0v) is 24.7. The summed E-state index contributed by atoms with van der Waals surface area (Å²) in [5, 5.41) is 0. The van der Waals surface area contributed by atoms with Gasteiger partial charge in [-0.15, -0.1) is 0 Å². The number of rotatable bonds is 31. The van der Waals surface area contributed by atoms with Gasteiger partial charge in [-0.3, -0.25) is 4.79 Å². The van der Waals surface area contributed by atoms with Crippen molar-refractivity contribution in [3.05, 3.63) is 29.8 Å². The second-order valence-electron chi connectivity index (χ2n) is 9.84. The molecule has 0 atom stereocenters. The van der Waals surface area contributed by atoms with Gasteiger partial charge in [0.2, 0.25) is 0 Å². The van der Waals surface area contributed by atoms with E-state index in [2.05, 4.69) is 6.92 Å². The minimum absolute atomic E-state index is 0.452. The number of unbranched alkanes of at least 4 members (excludes halogenated alkanes) is 12. The smallest absolute Gasteiger partial charge is 0.150 e. The van der Waals surface area contributed by atoms with E-state index in [-0.39, 0.29) is 0 Å². The Morgan fingerprint density at radius 1 is 0.462 bits per heavy atom. The normalized spacial score (nSPS) is 11.2. The highest BCUT2D eigenvalue weighted by Crippen LogP contribution is 2.13. The molecule has 0 N–H and O–H groups in total. The topological polar surface area (TPSA) is 72.5 Å². The molecule has 0 saturated carbocycles. The Morgan fingerprint density at radius 3 is 1.23 bits per heavy atom. The maximum atomic E-state index is 10.6. The standard InChI is InChI=1S/C32H56O7/c1-2-3-4-5-6-7-8-9-10-11-12-13-14-19-34-20-21-35-22-23-36-24-25-37-26-27-38-28-29-39-32-17-15-31(30-33)16-18-32/h15-18,30H,2-14,19-29H2,1H3. The second kappa shape index (κ2) is 29.5. The van der Waals surface area contributed by atoms with Crippen molar-refractivity contribution in [3.63, 3.8) is 0 Å². The van der Waals surface area contributed by atoms with E-state index in [0.717, 1.165) is 25.1 Å². The van der Waals surface area contributed by atoms with E-state index < -0.39 is 0 Å². The van der Waals surface area contributed by atoms with Crippen molar-refractivity contribution in [2.45, 2.75) is 90.4 Å². The molecule has 0 spiro atoms. The lowest BCUT2D eigenvalue weighted by Gasteiger charge is -2.09. The number of carbonyl (C=O) groups excluding carboxylic acids is 1. The molecule has 0 radical (unpaired) electrons. The first-order valence-corrected chi connectivity index (χ1v) is 15.4. The maximum absolute atomic E-state index is 10.6. The van der Waals surface area contributed by atoms with Crippen molar-refractivity contribution in [2.75, 3.05) is 72.7 Å². The zero-order chi connectivity index (χ0) is 27.9. The molecule has 0 saturated heterocycles. The van der Waals surface area contributed by atoms with Crippen molar-refractivity contribution in [2.24, 2.45) is 0 Å². The number of ether oxygens (including phenoxy) is 6. The van der Waals surface area contributed by atoms with Crippen molar-refractivity contribution in [1.82, 2.24) is 0 Å². The average molecular weight is 553 g/mol. The summed E-state index contributed by atoms with van der Waals surface area (Å²) in [6.07, 6.45) is 18.6. The highest BCUT2D eigenvalue weighted by atomic mass is 16.6. The molecule has 7 heteroatoms. The molecular formula is C32H56O7. The molecule has 0 fully saturated rings. The molecule has 226 valence electrons. The van der Waals surface area contributed by atoms with Crippen LogP contribution in [0.1, 0.15) is 101 Å². The van der Waals surface area contributed by atoms with Gasteiger partial charge in [-0.2, -0.15) is 0 Å². The Hall–Kier alpha value is -1.51. The van der Waals surface area contributed by atoms with Crippen molar-refractivity contribution < 1.29 is 33.2 Å². The van der Waals surface area contributed by atoms with Gasteiger partial charge in [0.1, 0.15) is 18.6 Å². The summed E-state index contributed by atoms with van der Waals surface area (Å²) in [6, 6.07) is 6.99. The lowest BCUT2D eigenvalue weighted by molar-refractivity contribution is -0.0128. The van der Waals surface area contributed by atoms with Crippen LogP contribution < -0.4 is 4.74 Å². The molecule has 0 unspecified atom stereocenters. The number of aldehydes is 1. The summed E-state index contributed by atoms with van der Waals surface area (Å²) >= 11 is 0. The van der Waals surface area contributed by atoms with Crippen LogP contribution in [0.25, 0.3) is 0 Å². The molecule has 39 heavy (non-hydrogen) atoms. The van der Waals surface area contributed by atoms with Crippen LogP contribution in [0.3, 0.4) is 0 Å². The van der Waals surface area contributed by atoms with Gasteiger partial charge in [-0.1, -0.05) is 84.0 Å². The predicted molar refractivity (Wildman–Crippen MR) is 157 cm³/mol. The SMILES string of the molecule is CCCCCCCCCCCCCCCOCCOCCOCCOCCOCCOc1ccc(C=O)cc1. The van der Waals surface area contributed by atoms with Crippen LogP contribution in [0, 0.1) is 0 Å². The first-order chi connectivity index (χ1) is 19.4. The van der Waals surface area contributed by atoms with Gasteiger partial charge in [-0.05, 0) is 30.7 Å². The Labute approximate surface area is 238 Å². The lowest BCUT2D eigenvalue weighted by atomic mass is 10.0. The second-order valence-corrected chi connectivity index (χ2v) is 9.84. The summed E-state index contributed by atoms with van der Waals surface area (Å²) in [5.74, 6) is 0.721. The highest BCUT2D eigenvalue weighted by molar-refractivity contribution is 5.74. The summed E-state index contributed by atoms with van der Waals surface area (Å²) in [7, 11) is 0. The van der Waals surface area contributed by atoms with Gasteiger partial charge in [0.15, 0.2) is 0 Å². The Morgan fingerprint density at radius 2 is 0.821 bits per heavy atom. The van der Waals surface area contributed by atoms with Crippen molar-refractivity contribution in [3.8, 4) is 5.75 Å². The summed E-state index contributed by atoms with van der Waals surface area (Å²) in [6.45, 7) is 8.55. The molecular weight excluding hydrogens is 496 g/mol. The van der Waals surface area contributed by atoms with Gasteiger partial charge in [0, 0.05) is 12.2 Å². The fourth-order valence-electron chi connectivity index (χ4n) is 4.06. The largest absolute Gasteiger partial charge is 0.491 e. The van der Waals surface area contributed by atoms with Crippen LogP contribution in [0.4, 0.5) is 0 Å². The minimum atomic E-state index is 0.452. The third kappa shape index (κ3) is 25.2. The van der Waals surface area contributed by atoms with Gasteiger partial charge >= 0.3 is 0 Å². The lowest BCUT2D eigenvalue weighted by Crippen LogP contribution is -2.14. The number of hydrogen-bond donors (Lipinski definition) is 0. The van der Waals surface area contributed by atoms with Crippen LogP contribution in [0.5, 0.6) is 5.75 Å². The molecule has 0 aliphatic rings. The Bertz CT molecular complexity index is 623. The van der Waals surface area contributed by atoms with E-state index in [9.17, 15) is 4.79 Å². The number of benzene rings is 1. The van der Waals surface area contributed by atoms with E-state index in [1.165, 1.54) is 77.0 Å². The summed E-state index contributed by atoms with van der Waals surface area (Å²) < 4.78 is 33.2. The zero-order valence-electron chi connectivity index (χ0n) is 24.7. The van der Waals surface area contributed by atoms with Gasteiger partial charge in [0.05, 0.1) is 59.5 Å². The summed E-state index contributed by atoms with van der Waals surface area (Å²) in [4.78, 5) is 10.6. The van der Waals surface area contributed by atoms with E-state index in [0.29, 0.717) is 71.6 Å². The first-order valence-electron chi connectivity index (χ1n) is 15.4. The van der Waals surface area contributed by atoms with Crippen LogP contribution in [-0.4, -0.2) is 79.0 Å². The molecule has 1 aromatic rings. The molecule has 7 nitrogen and oxygen atoms in total. The highest BCUT2D eigenvalue weighted by Gasteiger charge is 1.97. The maximum Gasteiger partial charge on any atom is 0.150 e. The van der Waals surface area contributed by atoms with Gasteiger partial charge < -0.3 is 28.4 Å².